The number of hydrogen-bond acceptors (Lipinski definition) is 5. The van der Waals surface area contributed by atoms with Crippen molar-refractivity contribution in [1.29, 1.82) is 0 Å². The number of rotatable bonds is 47. The third kappa shape index (κ3) is 49.7. The molecule has 0 bridgehead atoms. The summed E-state index contributed by atoms with van der Waals surface area (Å²) >= 11 is 0. The van der Waals surface area contributed by atoms with Gasteiger partial charge in [0.2, 0.25) is 0 Å². The lowest BCUT2D eigenvalue weighted by Crippen LogP contribution is -2.30. The first kappa shape index (κ1) is 59.1. The van der Waals surface area contributed by atoms with Gasteiger partial charge >= 0.3 is 11.9 Å². The van der Waals surface area contributed by atoms with E-state index in [9.17, 15) is 9.59 Å². The number of carbonyl (C=O) groups excluding carboxylic acids is 2. The fourth-order valence-electron chi connectivity index (χ4n) is 7.00. The molecule has 0 fully saturated rings. The highest BCUT2D eigenvalue weighted by molar-refractivity contribution is 5.70. The number of allylic oxidation sites excluding steroid dienone is 14. The van der Waals surface area contributed by atoms with Crippen LogP contribution in [0.15, 0.2) is 85.1 Å². The summed E-state index contributed by atoms with van der Waals surface area (Å²) < 4.78 is 17.4. The maximum Gasteiger partial charge on any atom is 0.306 e. The Morgan fingerprint density at radius 3 is 1.23 bits per heavy atom. The van der Waals surface area contributed by atoms with Crippen LogP contribution in [0.2, 0.25) is 0 Å². The van der Waals surface area contributed by atoms with E-state index in [1.54, 1.807) is 0 Å². The molecule has 62 heavy (non-hydrogen) atoms. The van der Waals surface area contributed by atoms with Gasteiger partial charge in [0.1, 0.15) is 6.61 Å². The molecule has 0 aliphatic heterocycles. The van der Waals surface area contributed by atoms with Gasteiger partial charge < -0.3 is 14.2 Å². The van der Waals surface area contributed by atoms with Gasteiger partial charge in [-0.2, -0.15) is 0 Å². The zero-order chi connectivity index (χ0) is 44.9. The predicted molar refractivity (Wildman–Crippen MR) is 270 cm³/mol. The van der Waals surface area contributed by atoms with Crippen LogP contribution in [-0.4, -0.2) is 37.9 Å². The topological polar surface area (TPSA) is 61.8 Å². The third-order valence-electron chi connectivity index (χ3n) is 10.9. The van der Waals surface area contributed by atoms with Crippen molar-refractivity contribution >= 4 is 11.9 Å². The molecule has 5 heteroatoms. The van der Waals surface area contributed by atoms with Gasteiger partial charge in [0.25, 0.3) is 0 Å². The van der Waals surface area contributed by atoms with E-state index in [1.165, 1.54) is 109 Å². The first-order chi connectivity index (χ1) is 30.6. The molecule has 0 aromatic carbocycles. The van der Waals surface area contributed by atoms with Crippen LogP contribution in [-0.2, 0) is 23.8 Å². The second-order valence-corrected chi connectivity index (χ2v) is 17.0. The zero-order valence-electron chi connectivity index (χ0n) is 40.9. The van der Waals surface area contributed by atoms with Crippen molar-refractivity contribution in [2.24, 2.45) is 0 Å². The van der Waals surface area contributed by atoms with Gasteiger partial charge in [-0.15, -0.1) is 0 Å². The first-order valence-corrected chi connectivity index (χ1v) is 26.1. The number of carbonyl (C=O) groups is 2. The molecule has 0 N–H and O–H groups in total. The monoisotopic (exact) mass is 863 g/mol. The Labute approximate surface area is 384 Å². The third-order valence-corrected chi connectivity index (χ3v) is 10.9. The van der Waals surface area contributed by atoms with Gasteiger partial charge in [0.15, 0.2) is 6.10 Å². The SMILES string of the molecule is CC/C=C\C/C=C\C/C=C\CCCCCC(=O)OC(COCCCCCCCC/C=C\CCCCCC)COC(=O)CCCCCCCC/C=C\C/C=C\C/C=C\CCCCC. The molecular weight excluding hydrogens is 765 g/mol. The Balaban J connectivity index is 4.32. The quantitative estimate of drug-likeness (QED) is 0.0346. The lowest BCUT2D eigenvalue weighted by Gasteiger charge is -2.18. The lowest BCUT2D eigenvalue weighted by molar-refractivity contribution is -0.163. The molecule has 0 saturated heterocycles. The van der Waals surface area contributed by atoms with Gasteiger partial charge in [0, 0.05) is 19.4 Å². The van der Waals surface area contributed by atoms with E-state index in [0.717, 1.165) is 96.3 Å². The maximum absolute atomic E-state index is 12.8. The largest absolute Gasteiger partial charge is 0.462 e. The molecule has 0 heterocycles. The van der Waals surface area contributed by atoms with E-state index in [2.05, 4.69) is 106 Å². The van der Waals surface area contributed by atoms with Crippen molar-refractivity contribution < 1.29 is 23.8 Å². The minimum atomic E-state index is -0.563. The lowest BCUT2D eigenvalue weighted by atomic mass is 10.1. The van der Waals surface area contributed by atoms with Crippen molar-refractivity contribution in [1.82, 2.24) is 0 Å². The summed E-state index contributed by atoms with van der Waals surface area (Å²) in [7, 11) is 0. The average molecular weight is 863 g/mol. The molecule has 0 radical (unpaired) electrons. The van der Waals surface area contributed by atoms with Crippen LogP contribution in [0, 0.1) is 0 Å². The Hall–Kier alpha value is -2.92. The fourth-order valence-corrected chi connectivity index (χ4v) is 7.00. The maximum atomic E-state index is 12.8. The van der Waals surface area contributed by atoms with Crippen LogP contribution < -0.4 is 0 Å². The minimum Gasteiger partial charge on any atom is -0.462 e. The summed E-state index contributed by atoms with van der Waals surface area (Å²) in [4.78, 5) is 25.4. The molecule has 0 aromatic heterocycles. The minimum absolute atomic E-state index is 0.0609. The normalized spacial score (nSPS) is 12.9. The van der Waals surface area contributed by atoms with Gasteiger partial charge in [0.05, 0.1) is 6.61 Å². The molecule has 0 spiro atoms. The zero-order valence-corrected chi connectivity index (χ0v) is 40.9. The van der Waals surface area contributed by atoms with Gasteiger partial charge in [-0.25, -0.2) is 0 Å². The number of hydrogen-bond donors (Lipinski definition) is 0. The van der Waals surface area contributed by atoms with E-state index >= 15 is 0 Å². The van der Waals surface area contributed by atoms with Crippen LogP contribution in [0.4, 0.5) is 0 Å². The van der Waals surface area contributed by atoms with E-state index < -0.39 is 6.10 Å². The highest BCUT2D eigenvalue weighted by Gasteiger charge is 2.17. The molecule has 0 aliphatic rings. The predicted octanol–water partition coefficient (Wildman–Crippen LogP) is 17.7. The van der Waals surface area contributed by atoms with Crippen LogP contribution >= 0.6 is 0 Å². The van der Waals surface area contributed by atoms with E-state index in [4.69, 9.17) is 14.2 Å². The summed E-state index contributed by atoms with van der Waals surface area (Å²) in [6.45, 7) is 7.62. The van der Waals surface area contributed by atoms with Crippen molar-refractivity contribution in [3.8, 4) is 0 Å². The summed E-state index contributed by atoms with van der Waals surface area (Å²) in [6, 6.07) is 0. The molecule has 5 nitrogen and oxygen atoms in total. The summed E-state index contributed by atoms with van der Waals surface area (Å²) in [5.74, 6) is -0.449. The highest BCUT2D eigenvalue weighted by Crippen LogP contribution is 2.13. The number of esters is 2. The molecular formula is C57H98O5. The molecule has 1 atom stereocenters. The van der Waals surface area contributed by atoms with E-state index in [1.807, 2.05) is 0 Å². The Morgan fingerprint density at radius 2 is 0.726 bits per heavy atom. The Kier molecular flexibility index (Phi) is 50.0. The molecule has 0 amide bonds. The van der Waals surface area contributed by atoms with Crippen molar-refractivity contribution in [3.63, 3.8) is 0 Å². The molecule has 356 valence electrons. The fraction of sp³-hybridized carbons (Fsp3) is 0.719. The van der Waals surface area contributed by atoms with E-state index in [-0.39, 0.29) is 25.2 Å². The van der Waals surface area contributed by atoms with Crippen molar-refractivity contribution in [2.45, 2.75) is 245 Å². The van der Waals surface area contributed by atoms with Gasteiger partial charge in [-0.05, 0) is 116 Å². The van der Waals surface area contributed by atoms with Crippen LogP contribution in [0.1, 0.15) is 239 Å². The number of unbranched alkanes of at least 4 members (excludes halogenated alkanes) is 22. The van der Waals surface area contributed by atoms with Gasteiger partial charge in [-0.1, -0.05) is 196 Å². The standard InChI is InChI=1S/C57H98O5/c1-4-7-10-13-16-19-22-25-27-28-29-30-31-33-35-38-41-44-47-50-56(58)61-54-55(53-60-52-49-46-43-40-37-34-26-23-20-17-14-11-8-5-2)62-57(59)51-48-45-42-39-36-32-24-21-18-15-12-9-6-3/h9,12,16,18-21,23,25,27,29-30,32,36,55H,4-8,10-11,13-15,17,22,24,26,28,31,33-35,37-54H2,1-3H3/b12-9-,19-16-,21-18-,23-20-,27-25-,30-29-,36-32-. The van der Waals surface area contributed by atoms with Gasteiger partial charge in [-0.3, -0.25) is 9.59 Å². The van der Waals surface area contributed by atoms with Crippen molar-refractivity contribution in [3.05, 3.63) is 85.1 Å². The van der Waals surface area contributed by atoms with E-state index in [0.29, 0.717) is 19.4 Å². The number of ether oxygens (including phenoxy) is 3. The second-order valence-electron chi connectivity index (χ2n) is 17.0. The molecule has 0 aliphatic carbocycles. The highest BCUT2D eigenvalue weighted by atomic mass is 16.6. The molecule has 0 aromatic rings. The van der Waals surface area contributed by atoms with Crippen LogP contribution in [0.25, 0.3) is 0 Å². The van der Waals surface area contributed by atoms with Crippen LogP contribution in [0.3, 0.4) is 0 Å². The van der Waals surface area contributed by atoms with Crippen LogP contribution in [0.5, 0.6) is 0 Å². The second kappa shape index (κ2) is 52.4. The Morgan fingerprint density at radius 1 is 0.371 bits per heavy atom. The summed E-state index contributed by atoms with van der Waals surface area (Å²) in [6.07, 6.45) is 68.7. The van der Waals surface area contributed by atoms with Crippen molar-refractivity contribution in [2.75, 3.05) is 19.8 Å². The summed E-state index contributed by atoms with van der Waals surface area (Å²) in [5, 5.41) is 0. The Bertz CT molecular complexity index is 1160. The average Bonchev–Trinajstić information content (AvgIpc) is 3.27. The summed E-state index contributed by atoms with van der Waals surface area (Å²) in [5.41, 5.74) is 0. The molecule has 0 saturated carbocycles. The molecule has 0 rings (SSSR count). The molecule has 1 unspecified atom stereocenters. The first-order valence-electron chi connectivity index (χ1n) is 26.1. The smallest absolute Gasteiger partial charge is 0.306 e.